The van der Waals surface area contributed by atoms with Crippen LogP contribution in [0, 0.1) is 11.3 Å². The molecular weight excluding hydrogens is 621 g/mol. The van der Waals surface area contributed by atoms with Crippen LogP contribution in [0.25, 0.3) is 0 Å². The minimum atomic E-state index is -0.647. The topological polar surface area (TPSA) is 116 Å². The number of carbonyl (C=O) groups excluding carboxylic acids is 2. The number of nitrogens with one attached hydrogen (secondary N) is 2. The lowest BCUT2D eigenvalue weighted by Gasteiger charge is -2.46. The molecule has 1 atom stereocenters. The molecule has 0 unspecified atom stereocenters. The first-order chi connectivity index (χ1) is 22.0. The molecule has 1 aliphatic carbocycles. The molecule has 2 heterocycles. The maximum absolute atomic E-state index is 14.6. The van der Waals surface area contributed by atoms with E-state index in [9.17, 15) is 9.59 Å². The van der Waals surface area contributed by atoms with Gasteiger partial charge in [0.05, 0.1) is 12.6 Å². The van der Waals surface area contributed by atoms with Gasteiger partial charge in [-0.2, -0.15) is 5.21 Å². The molecule has 1 aromatic heterocycles. The van der Waals surface area contributed by atoms with E-state index in [0.29, 0.717) is 38.6 Å². The molecule has 1 saturated carbocycles. The number of hydrogen-bond acceptors (Lipinski definition) is 6. The first kappa shape index (κ1) is 34.0. The number of halogens is 2. The van der Waals surface area contributed by atoms with Crippen molar-refractivity contribution in [2.75, 3.05) is 0 Å². The van der Waals surface area contributed by atoms with Crippen molar-refractivity contribution in [2.45, 2.75) is 110 Å². The van der Waals surface area contributed by atoms with Gasteiger partial charge in [-0.1, -0.05) is 93.9 Å². The van der Waals surface area contributed by atoms with Gasteiger partial charge in [0.25, 0.3) is 11.8 Å². The predicted molar refractivity (Wildman–Crippen MR) is 182 cm³/mol. The Kier molecular flexibility index (Phi) is 10.8. The molecule has 9 nitrogen and oxygen atoms in total. The van der Waals surface area contributed by atoms with E-state index in [-0.39, 0.29) is 29.8 Å². The summed E-state index contributed by atoms with van der Waals surface area (Å²) >= 11 is 12.8. The maximum atomic E-state index is 14.6. The second-order valence-corrected chi connectivity index (χ2v) is 14.8. The molecule has 1 spiro atoms. The van der Waals surface area contributed by atoms with Crippen molar-refractivity contribution < 1.29 is 9.59 Å². The zero-order chi connectivity index (χ0) is 32.9. The number of benzene rings is 2. The molecule has 2 aliphatic rings. The number of aliphatic imine (C=N–C) groups is 1. The summed E-state index contributed by atoms with van der Waals surface area (Å²) in [5.41, 5.74) is 1.99. The highest BCUT2D eigenvalue weighted by molar-refractivity contribution is 6.47. The summed E-state index contributed by atoms with van der Waals surface area (Å²) in [6.07, 6.45) is 10.3. The van der Waals surface area contributed by atoms with E-state index >= 15 is 0 Å². The van der Waals surface area contributed by atoms with E-state index in [4.69, 9.17) is 28.2 Å². The van der Waals surface area contributed by atoms with Crippen molar-refractivity contribution in [1.29, 1.82) is 0 Å². The number of tetrazole rings is 1. The Hall–Kier alpha value is -3.30. The highest BCUT2D eigenvalue weighted by Crippen LogP contribution is 2.48. The third-order valence-electron chi connectivity index (χ3n) is 9.28. The van der Waals surface area contributed by atoms with Gasteiger partial charge in [0.2, 0.25) is 0 Å². The number of amides is 2. The van der Waals surface area contributed by atoms with Gasteiger partial charge in [0, 0.05) is 21.2 Å². The zero-order valence-electron chi connectivity index (χ0n) is 27.3. The number of rotatable bonds is 12. The van der Waals surface area contributed by atoms with Crippen LogP contribution in [0.1, 0.15) is 125 Å². The van der Waals surface area contributed by atoms with Crippen molar-refractivity contribution in [3.63, 3.8) is 0 Å². The van der Waals surface area contributed by atoms with Crippen LogP contribution in [-0.2, 0) is 11.3 Å². The van der Waals surface area contributed by atoms with Gasteiger partial charge >= 0.3 is 0 Å². The second kappa shape index (κ2) is 14.6. The molecule has 1 aliphatic heterocycles. The standard InChI is InChI=1S/C35H45Cl2N7O2/c1-5-6-7-8-23-13-17-35(18-14-23)39-31(26-19-27(36)21-28(37)20-26)33(46)44(35)29(15-16-34(2,3)4)24-9-11-25(12-10-24)32(45)38-22-30-40-42-43-41-30/h9-12,19-21,23,29H,5-8,13-18,22H2,1-4H3,(H,38,45)(H,40,41,42,43)/t23?,29-,35?/m1/s1. The monoisotopic (exact) mass is 665 g/mol. The van der Waals surface area contributed by atoms with Crippen molar-refractivity contribution >= 4 is 40.7 Å². The summed E-state index contributed by atoms with van der Waals surface area (Å²) in [5.74, 6) is 0.721. The Morgan fingerprint density at radius 2 is 1.78 bits per heavy atom. The van der Waals surface area contributed by atoms with Crippen molar-refractivity contribution in [2.24, 2.45) is 16.3 Å². The molecule has 246 valence electrons. The zero-order valence-corrected chi connectivity index (χ0v) is 28.8. The smallest absolute Gasteiger partial charge is 0.275 e. The molecule has 2 amide bonds. The van der Waals surface area contributed by atoms with Gasteiger partial charge in [-0.3, -0.25) is 14.6 Å². The first-order valence-electron chi connectivity index (χ1n) is 16.5. The molecule has 3 aromatic rings. The summed E-state index contributed by atoms with van der Waals surface area (Å²) in [6.45, 7) is 9.08. The quantitative estimate of drug-likeness (QED) is 0.190. The molecule has 2 N–H and O–H groups in total. The molecule has 5 rings (SSSR count). The summed E-state index contributed by atoms with van der Waals surface area (Å²) in [4.78, 5) is 34.9. The molecule has 0 radical (unpaired) electrons. The summed E-state index contributed by atoms with van der Waals surface area (Å²) < 4.78 is 0. The van der Waals surface area contributed by atoms with Crippen LogP contribution in [0.5, 0.6) is 0 Å². The van der Waals surface area contributed by atoms with Crippen LogP contribution in [0.4, 0.5) is 0 Å². The number of hydrogen-bond donors (Lipinski definition) is 2. The number of H-pyrrole nitrogens is 1. The Labute approximate surface area is 281 Å². The Bertz CT molecular complexity index is 1500. The van der Waals surface area contributed by atoms with Gasteiger partial charge in [-0.05, 0) is 85.8 Å². The average molecular weight is 667 g/mol. The number of unbranched alkanes of at least 4 members (excludes halogenated alkanes) is 2. The molecule has 46 heavy (non-hydrogen) atoms. The second-order valence-electron chi connectivity index (χ2n) is 14.0. The van der Waals surface area contributed by atoms with Crippen LogP contribution >= 0.6 is 23.2 Å². The van der Waals surface area contributed by atoms with Crippen LogP contribution in [-0.4, -0.2) is 48.7 Å². The number of aromatic amines is 1. The van der Waals surface area contributed by atoms with Gasteiger partial charge in [0.1, 0.15) is 11.4 Å². The molecule has 11 heteroatoms. The van der Waals surface area contributed by atoms with Crippen LogP contribution in [0.15, 0.2) is 47.5 Å². The summed E-state index contributed by atoms with van der Waals surface area (Å²) in [6, 6.07) is 12.6. The molecular formula is C35H45Cl2N7O2. The van der Waals surface area contributed by atoms with E-state index in [1.165, 1.54) is 25.7 Å². The largest absolute Gasteiger partial charge is 0.345 e. The van der Waals surface area contributed by atoms with E-state index in [1.807, 2.05) is 24.3 Å². The van der Waals surface area contributed by atoms with Crippen LogP contribution in [0.2, 0.25) is 10.0 Å². The maximum Gasteiger partial charge on any atom is 0.275 e. The lowest BCUT2D eigenvalue weighted by atomic mass is 9.77. The van der Waals surface area contributed by atoms with E-state index < -0.39 is 5.66 Å². The first-order valence-corrected chi connectivity index (χ1v) is 17.2. The fraction of sp³-hybridized carbons (Fsp3) is 0.543. The van der Waals surface area contributed by atoms with Gasteiger partial charge in [-0.25, -0.2) is 0 Å². The van der Waals surface area contributed by atoms with Crippen LogP contribution < -0.4 is 5.32 Å². The lowest BCUT2D eigenvalue weighted by molar-refractivity contribution is -0.133. The number of nitrogens with zero attached hydrogens (tertiary/aromatic N) is 5. The van der Waals surface area contributed by atoms with E-state index in [0.717, 1.165) is 44.1 Å². The number of aromatic nitrogens is 4. The summed E-state index contributed by atoms with van der Waals surface area (Å²) in [7, 11) is 0. The highest BCUT2D eigenvalue weighted by atomic mass is 35.5. The van der Waals surface area contributed by atoms with E-state index in [1.54, 1.807) is 18.2 Å². The average Bonchev–Trinajstić information content (AvgIpc) is 3.63. The van der Waals surface area contributed by atoms with Crippen molar-refractivity contribution in [1.82, 2.24) is 30.8 Å². The number of carbonyl (C=O) groups is 2. The summed E-state index contributed by atoms with van der Waals surface area (Å²) in [5, 5.41) is 17.5. The molecule has 1 fully saturated rings. The Balaban J connectivity index is 1.47. The molecule has 2 aromatic carbocycles. The van der Waals surface area contributed by atoms with Crippen molar-refractivity contribution in [3.8, 4) is 0 Å². The third kappa shape index (κ3) is 8.15. The lowest BCUT2D eigenvalue weighted by Crippen LogP contribution is -2.51. The Morgan fingerprint density at radius 1 is 1.09 bits per heavy atom. The van der Waals surface area contributed by atoms with E-state index in [2.05, 4.69) is 58.5 Å². The fourth-order valence-corrected chi connectivity index (χ4v) is 7.30. The van der Waals surface area contributed by atoms with Crippen LogP contribution in [0.3, 0.4) is 0 Å². The minimum absolute atomic E-state index is 0.0598. The Morgan fingerprint density at radius 3 is 2.39 bits per heavy atom. The predicted octanol–water partition coefficient (Wildman–Crippen LogP) is 8.10. The van der Waals surface area contributed by atoms with Gasteiger partial charge in [-0.15, -0.1) is 10.2 Å². The SMILES string of the molecule is CCCCCC1CCC2(CC1)N=C(c1cc(Cl)cc(Cl)c1)C(=O)N2[C@H](CCC(C)(C)C)c1ccc(C(=O)NCc2nn[nH]n2)cc1. The third-order valence-corrected chi connectivity index (χ3v) is 9.72. The molecule has 0 bridgehead atoms. The fourth-order valence-electron chi connectivity index (χ4n) is 6.78. The normalized spacial score (nSPS) is 20.7. The highest BCUT2D eigenvalue weighted by Gasteiger charge is 2.52. The van der Waals surface area contributed by atoms with Gasteiger partial charge < -0.3 is 10.2 Å². The molecule has 0 saturated heterocycles. The minimum Gasteiger partial charge on any atom is -0.345 e. The van der Waals surface area contributed by atoms with Gasteiger partial charge in [0.15, 0.2) is 5.82 Å². The van der Waals surface area contributed by atoms with Crippen molar-refractivity contribution in [3.05, 3.63) is 75.0 Å².